The minimum Gasteiger partial charge on any atom is -0.302 e. The zero-order chi connectivity index (χ0) is 15.4. The number of hydrogen-bond acceptors (Lipinski definition) is 6. The van der Waals surface area contributed by atoms with E-state index in [4.69, 9.17) is 0 Å². The van der Waals surface area contributed by atoms with E-state index in [2.05, 4.69) is 25.8 Å². The number of anilines is 1. The predicted octanol–water partition coefficient (Wildman–Crippen LogP) is 2.42. The Morgan fingerprint density at radius 2 is 2.23 bits per heavy atom. The molecule has 2 aromatic heterocycles. The van der Waals surface area contributed by atoms with Gasteiger partial charge in [0.05, 0.1) is 12.2 Å². The van der Waals surface area contributed by atoms with Gasteiger partial charge in [0.2, 0.25) is 5.91 Å². The standard InChI is InChI=1S/C14H20N6OS/c1-11-8-22-13(16-11)17-12(21)7-14(5-3-2-4-6-14)9-20-10-15-18-19-20/h8,10H,2-7,9H2,1H3,(H,16,17,21). The summed E-state index contributed by atoms with van der Waals surface area (Å²) in [6, 6.07) is 0. The number of aromatic nitrogens is 5. The van der Waals surface area contributed by atoms with Crippen LogP contribution in [0.5, 0.6) is 0 Å². The topological polar surface area (TPSA) is 85.6 Å². The van der Waals surface area contributed by atoms with Crippen molar-refractivity contribution in [1.29, 1.82) is 0 Å². The molecule has 3 rings (SSSR count). The van der Waals surface area contributed by atoms with Crippen LogP contribution in [0, 0.1) is 12.3 Å². The van der Waals surface area contributed by atoms with Gasteiger partial charge in [-0.1, -0.05) is 19.3 Å². The molecule has 1 aliphatic rings. The maximum atomic E-state index is 12.4. The van der Waals surface area contributed by atoms with Crippen LogP contribution in [-0.4, -0.2) is 31.1 Å². The molecule has 1 saturated carbocycles. The van der Waals surface area contributed by atoms with Crippen LogP contribution in [0.2, 0.25) is 0 Å². The first-order valence-electron chi connectivity index (χ1n) is 7.58. The molecule has 2 aromatic rings. The molecule has 0 atom stereocenters. The molecule has 7 nitrogen and oxygen atoms in total. The van der Waals surface area contributed by atoms with E-state index in [1.807, 2.05) is 12.3 Å². The summed E-state index contributed by atoms with van der Waals surface area (Å²) in [4.78, 5) is 16.7. The van der Waals surface area contributed by atoms with Crippen molar-refractivity contribution in [3.8, 4) is 0 Å². The van der Waals surface area contributed by atoms with Gasteiger partial charge in [0.1, 0.15) is 6.33 Å². The fraction of sp³-hybridized carbons (Fsp3) is 0.643. The van der Waals surface area contributed by atoms with Crippen molar-refractivity contribution >= 4 is 22.4 Å². The number of aryl methyl sites for hydroxylation is 1. The summed E-state index contributed by atoms with van der Waals surface area (Å²) in [6.07, 6.45) is 7.75. The maximum Gasteiger partial charge on any atom is 0.226 e. The average Bonchev–Trinajstić information content (AvgIpc) is 3.11. The van der Waals surface area contributed by atoms with Crippen LogP contribution in [0.15, 0.2) is 11.7 Å². The predicted molar refractivity (Wildman–Crippen MR) is 83.4 cm³/mol. The SMILES string of the molecule is Cc1csc(NC(=O)CC2(Cn3cnnn3)CCCCC2)n1. The van der Waals surface area contributed by atoms with Crippen LogP contribution in [0.4, 0.5) is 5.13 Å². The molecular weight excluding hydrogens is 300 g/mol. The van der Waals surface area contributed by atoms with Gasteiger partial charge < -0.3 is 5.32 Å². The summed E-state index contributed by atoms with van der Waals surface area (Å²) in [5.41, 5.74) is 0.880. The Morgan fingerprint density at radius 1 is 1.41 bits per heavy atom. The Balaban J connectivity index is 1.68. The average molecular weight is 320 g/mol. The lowest BCUT2D eigenvalue weighted by atomic mass is 9.71. The second-order valence-corrected chi connectivity index (χ2v) is 6.95. The summed E-state index contributed by atoms with van der Waals surface area (Å²) in [5.74, 6) is 0.0318. The number of rotatable bonds is 5. The van der Waals surface area contributed by atoms with E-state index in [0.29, 0.717) is 18.1 Å². The first kappa shape index (κ1) is 15.1. The van der Waals surface area contributed by atoms with E-state index in [1.165, 1.54) is 17.8 Å². The number of thiazole rings is 1. The summed E-state index contributed by atoms with van der Waals surface area (Å²) < 4.78 is 1.74. The molecule has 0 saturated heterocycles. The lowest BCUT2D eigenvalue weighted by Crippen LogP contribution is -2.34. The van der Waals surface area contributed by atoms with Crippen molar-refractivity contribution < 1.29 is 4.79 Å². The van der Waals surface area contributed by atoms with E-state index >= 15 is 0 Å². The van der Waals surface area contributed by atoms with Crippen LogP contribution in [0.1, 0.15) is 44.2 Å². The molecular formula is C14H20N6OS. The molecule has 118 valence electrons. The Morgan fingerprint density at radius 3 is 2.86 bits per heavy atom. The van der Waals surface area contributed by atoms with Gasteiger partial charge in [0.15, 0.2) is 5.13 Å². The van der Waals surface area contributed by atoms with Crippen LogP contribution >= 0.6 is 11.3 Å². The molecule has 2 heterocycles. The van der Waals surface area contributed by atoms with Crippen LogP contribution < -0.4 is 5.32 Å². The van der Waals surface area contributed by atoms with Crippen molar-refractivity contribution in [2.24, 2.45) is 5.41 Å². The van der Waals surface area contributed by atoms with Crippen molar-refractivity contribution in [1.82, 2.24) is 25.2 Å². The third-order valence-electron chi connectivity index (χ3n) is 4.20. The number of tetrazole rings is 1. The van der Waals surface area contributed by atoms with Crippen LogP contribution in [-0.2, 0) is 11.3 Å². The molecule has 0 aromatic carbocycles. The summed E-state index contributed by atoms with van der Waals surface area (Å²) >= 11 is 1.46. The van der Waals surface area contributed by atoms with Crippen LogP contribution in [0.25, 0.3) is 0 Å². The van der Waals surface area contributed by atoms with E-state index in [1.54, 1.807) is 11.0 Å². The third kappa shape index (κ3) is 3.68. The van der Waals surface area contributed by atoms with Crippen LogP contribution in [0.3, 0.4) is 0 Å². The third-order valence-corrected chi connectivity index (χ3v) is 5.08. The summed E-state index contributed by atoms with van der Waals surface area (Å²) in [6.45, 7) is 2.62. The fourth-order valence-electron chi connectivity index (χ4n) is 3.20. The second-order valence-electron chi connectivity index (χ2n) is 6.09. The number of carbonyl (C=O) groups is 1. The molecule has 1 fully saturated rings. The molecule has 0 aliphatic heterocycles. The number of nitrogens with zero attached hydrogens (tertiary/aromatic N) is 5. The Labute approximate surface area is 133 Å². The van der Waals surface area contributed by atoms with Crippen molar-refractivity contribution in [3.05, 3.63) is 17.4 Å². The number of hydrogen-bond donors (Lipinski definition) is 1. The first-order valence-corrected chi connectivity index (χ1v) is 8.46. The lowest BCUT2D eigenvalue weighted by molar-refractivity contribution is -0.119. The highest BCUT2D eigenvalue weighted by Gasteiger charge is 2.35. The number of carbonyl (C=O) groups excluding carboxylic acids is 1. The van der Waals surface area contributed by atoms with Gasteiger partial charge in [-0.25, -0.2) is 9.67 Å². The van der Waals surface area contributed by atoms with E-state index in [-0.39, 0.29) is 11.3 Å². The molecule has 0 unspecified atom stereocenters. The van der Waals surface area contributed by atoms with Gasteiger partial charge in [-0.05, 0) is 35.6 Å². The molecule has 22 heavy (non-hydrogen) atoms. The van der Waals surface area contributed by atoms with E-state index in [0.717, 1.165) is 31.4 Å². The Hall–Kier alpha value is -1.83. The van der Waals surface area contributed by atoms with Gasteiger partial charge >= 0.3 is 0 Å². The molecule has 8 heteroatoms. The zero-order valence-electron chi connectivity index (χ0n) is 12.7. The quantitative estimate of drug-likeness (QED) is 0.914. The largest absolute Gasteiger partial charge is 0.302 e. The molecule has 1 N–H and O–H groups in total. The minimum atomic E-state index is -0.0516. The number of amides is 1. The summed E-state index contributed by atoms with van der Waals surface area (Å²) in [7, 11) is 0. The molecule has 1 aliphatic carbocycles. The highest BCUT2D eigenvalue weighted by atomic mass is 32.1. The highest BCUT2D eigenvalue weighted by Crippen LogP contribution is 2.40. The fourth-order valence-corrected chi connectivity index (χ4v) is 3.91. The monoisotopic (exact) mass is 320 g/mol. The molecule has 0 spiro atoms. The van der Waals surface area contributed by atoms with Crippen molar-refractivity contribution in [3.63, 3.8) is 0 Å². The molecule has 0 bridgehead atoms. The smallest absolute Gasteiger partial charge is 0.226 e. The zero-order valence-corrected chi connectivity index (χ0v) is 13.5. The summed E-state index contributed by atoms with van der Waals surface area (Å²) in [5, 5.41) is 16.9. The highest BCUT2D eigenvalue weighted by molar-refractivity contribution is 7.13. The van der Waals surface area contributed by atoms with Gasteiger partial charge in [0, 0.05) is 11.8 Å². The lowest BCUT2D eigenvalue weighted by Gasteiger charge is -2.36. The van der Waals surface area contributed by atoms with Gasteiger partial charge in [-0.3, -0.25) is 4.79 Å². The normalized spacial score (nSPS) is 17.3. The Bertz CT molecular complexity index is 617. The first-order chi connectivity index (χ1) is 10.7. The maximum absolute atomic E-state index is 12.4. The molecule has 1 amide bonds. The molecule has 0 radical (unpaired) electrons. The Kier molecular flexibility index (Phi) is 4.47. The van der Waals surface area contributed by atoms with Gasteiger partial charge in [-0.15, -0.1) is 16.4 Å². The van der Waals surface area contributed by atoms with Crippen molar-refractivity contribution in [2.75, 3.05) is 5.32 Å². The second kappa shape index (κ2) is 6.51. The van der Waals surface area contributed by atoms with Gasteiger partial charge in [0.25, 0.3) is 0 Å². The van der Waals surface area contributed by atoms with E-state index in [9.17, 15) is 4.79 Å². The number of nitrogens with one attached hydrogen (secondary N) is 1. The minimum absolute atomic E-state index is 0.0318. The van der Waals surface area contributed by atoms with Crippen molar-refractivity contribution in [2.45, 2.75) is 52.0 Å². The van der Waals surface area contributed by atoms with Gasteiger partial charge in [-0.2, -0.15) is 0 Å². The van der Waals surface area contributed by atoms with E-state index < -0.39 is 0 Å².